The van der Waals surface area contributed by atoms with Crippen LogP contribution in [0.25, 0.3) is 11.3 Å². The Morgan fingerprint density at radius 1 is 1.40 bits per heavy atom. The van der Waals surface area contributed by atoms with E-state index in [-0.39, 0.29) is 5.97 Å². The van der Waals surface area contributed by atoms with Crippen LogP contribution < -0.4 is 0 Å². The quantitative estimate of drug-likeness (QED) is 0.872. The molecule has 0 spiro atoms. The van der Waals surface area contributed by atoms with Crippen molar-refractivity contribution in [3.05, 3.63) is 35.0 Å². The highest BCUT2D eigenvalue weighted by Crippen LogP contribution is 2.40. The molecule has 1 aliphatic carbocycles. The number of benzene rings is 1. The van der Waals surface area contributed by atoms with Crippen molar-refractivity contribution >= 4 is 5.97 Å². The lowest BCUT2D eigenvalue weighted by Gasteiger charge is -2.28. The van der Waals surface area contributed by atoms with Gasteiger partial charge in [0.2, 0.25) is 0 Å². The first-order valence-electron chi connectivity index (χ1n) is 6.79. The van der Waals surface area contributed by atoms with Gasteiger partial charge in [-0.2, -0.15) is 15.4 Å². The maximum absolute atomic E-state index is 12.0. The molecule has 3 rings (SSSR count). The van der Waals surface area contributed by atoms with Gasteiger partial charge in [-0.1, -0.05) is 6.42 Å². The summed E-state index contributed by atoms with van der Waals surface area (Å²) in [5.41, 5.74) is 4.53. The minimum absolute atomic E-state index is 0.298. The van der Waals surface area contributed by atoms with E-state index in [0.717, 1.165) is 16.8 Å². The Bertz CT molecular complexity index is 631. The predicted octanol–water partition coefficient (Wildman–Crippen LogP) is 2.83. The molecule has 104 valence electrons. The molecule has 0 bridgehead atoms. The van der Waals surface area contributed by atoms with Gasteiger partial charge in [-0.3, -0.25) is 0 Å². The van der Waals surface area contributed by atoms with Crippen LogP contribution in [0.2, 0.25) is 0 Å². The molecule has 20 heavy (non-hydrogen) atoms. The summed E-state index contributed by atoms with van der Waals surface area (Å²) in [5.74, 6) is 0.249. The normalized spacial score (nSPS) is 14.9. The van der Waals surface area contributed by atoms with E-state index in [9.17, 15) is 4.79 Å². The second-order valence-electron chi connectivity index (χ2n) is 5.21. The molecule has 0 amide bonds. The number of hydrogen-bond acceptors (Lipinski definition) is 4. The highest BCUT2D eigenvalue weighted by Gasteiger charge is 2.25. The predicted molar refractivity (Wildman–Crippen MR) is 74.5 cm³/mol. The Morgan fingerprint density at radius 3 is 2.75 bits per heavy atom. The molecule has 5 heteroatoms. The number of hydrogen-bond donors (Lipinski definition) is 1. The van der Waals surface area contributed by atoms with E-state index in [2.05, 4.69) is 21.5 Å². The number of nitrogens with zero attached hydrogens (tertiary/aromatic N) is 2. The molecule has 0 aliphatic heterocycles. The van der Waals surface area contributed by atoms with Gasteiger partial charge < -0.3 is 4.74 Å². The molecule has 1 fully saturated rings. The number of methoxy groups -OCH3 is 1. The molecule has 1 saturated carbocycles. The van der Waals surface area contributed by atoms with E-state index in [4.69, 9.17) is 4.74 Å². The van der Waals surface area contributed by atoms with Crippen LogP contribution in [0.3, 0.4) is 0 Å². The summed E-state index contributed by atoms with van der Waals surface area (Å²) in [6.07, 6.45) is 5.29. The summed E-state index contributed by atoms with van der Waals surface area (Å²) < 4.78 is 4.89. The number of esters is 1. The highest BCUT2D eigenvalue weighted by molar-refractivity contribution is 5.93. The van der Waals surface area contributed by atoms with Gasteiger partial charge in [0.15, 0.2) is 0 Å². The first-order chi connectivity index (χ1) is 9.70. The molecule has 0 atom stereocenters. The topological polar surface area (TPSA) is 67.9 Å². The molecule has 1 aliphatic rings. The highest BCUT2D eigenvalue weighted by atomic mass is 16.5. The van der Waals surface area contributed by atoms with Gasteiger partial charge >= 0.3 is 5.97 Å². The van der Waals surface area contributed by atoms with Gasteiger partial charge in [-0.05, 0) is 48.9 Å². The molecule has 1 heterocycles. The SMILES string of the molecule is COC(=O)c1cc(-c2cn[nH]n2)cc(C2CCC2)c1C. The second-order valence-corrected chi connectivity index (χ2v) is 5.21. The minimum atomic E-state index is -0.298. The average Bonchev–Trinajstić information content (AvgIpc) is 2.92. The van der Waals surface area contributed by atoms with Gasteiger partial charge in [0.05, 0.1) is 18.9 Å². The first-order valence-corrected chi connectivity index (χ1v) is 6.79. The Balaban J connectivity index is 2.14. The van der Waals surface area contributed by atoms with E-state index in [0.29, 0.717) is 11.5 Å². The summed E-state index contributed by atoms with van der Waals surface area (Å²) >= 11 is 0. The summed E-state index contributed by atoms with van der Waals surface area (Å²) in [5, 5.41) is 10.5. The van der Waals surface area contributed by atoms with Crippen molar-refractivity contribution in [2.24, 2.45) is 0 Å². The number of carbonyl (C=O) groups is 1. The molecule has 0 radical (unpaired) electrons. The van der Waals surface area contributed by atoms with Crippen molar-refractivity contribution in [2.45, 2.75) is 32.1 Å². The van der Waals surface area contributed by atoms with Gasteiger partial charge in [0.25, 0.3) is 0 Å². The van der Waals surface area contributed by atoms with Crippen LogP contribution in [0, 0.1) is 6.92 Å². The fourth-order valence-electron chi connectivity index (χ4n) is 2.69. The van der Waals surface area contributed by atoms with Crippen LogP contribution in [-0.2, 0) is 4.74 Å². The van der Waals surface area contributed by atoms with Crippen LogP contribution in [0.1, 0.15) is 46.7 Å². The van der Waals surface area contributed by atoms with Crippen molar-refractivity contribution in [1.29, 1.82) is 0 Å². The zero-order valence-electron chi connectivity index (χ0n) is 11.6. The molecular weight excluding hydrogens is 254 g/mol. The van der Waals surface area contributed by atoms with Crippen LogP contribution >= 0.6 is 0 Å². The monoisotopic (exact) mass is 271 g/mol. The number of aromatic nitrogens is 3. The smallest absolute Gasteiger partial charge is 0.338 e. The summed E-state index contributed by atoms with van der Waals surface area (Å²) in [4.78, 5) is 12.0. The van der Waals surface area contributed by atoms with E-state index < -0.39 is 0 Å². The maximum Gasteiger partial charge on any atom is 0.338 e. The third-order valence-electron chi connectivity index (χ3n) is 4.11. The van der Waals surface area contributed by atoms with Gasteiger partial charge in [0.1, 0.15) is 5.69 Å². The second kappa shape index (κ2) is 5.07. The third-order valence-corrected chi connectivity index (χ3v) is 4.11. The van der Waals surface area contributed by atoms with Crippen molar-refractivity contribution in [1.82, 2.24) is 15.4 Å². The van der Waals surface area contributed by atoms with Crippen LogP contribution in [0.15, 0.2) is 18.3 Å². The lowest BCUT2D eigenvalue weighted by molar-refractivity contribution is 0.0599. The molecular formula is C15H17N3O2. The number of carbonyl (C=O) groups excluding carboxylic acids is 1. The zero-order valence-corrected chi connectivity index (χ0v) is 11.6. The summed E-state index contributed by atoms with van der Waals surface area (Å²) in [7, 11) is 1.41. The lowest BCUT2D eigenvalue weighted by atomic mass is 9.77. The Labute approximate surface area is 117 Å². The number of nitrogens with one attached hydrogen (secondary N) is 1. The van der Waals surface area contributed by atoms with Crippen molar-refractivity contribution in [3.8, 4) is 11.3 Å². The largest absolute Gasteiger partial charge is 0.465 e. The fourth-order valence-corrected chi connectivity index (χ4v) is 2.69. The molecule has 2 aromatic rings. The van der Waals surface area contributed by atoms with Crippen LogP contribution in [0.4, 0.5) is 0 Å². The average molecular weight is 271 g/mol. The van der Waals surface area contributed by atoms with Crippen molar-refractivity contribution < 1.29 is 9.53 Å². The standard InChI is InChI=1S/C15H17N3O2/c1-9-12(10-4-3-5-10)6-11(14-8-16-18-17-14)7-13(9)15(19)20-2/h6-8,10H,3-5H2,1-2H3,(H,16,17,18). The fraction of sp³-hybridized carbons (Fsp3) is 0.400. The van der Waals surface area contributed by atoms with Crippen LogP contribution in [0.5, 0.6) is 0 Å². The molecule has 1 aromatic heterocycles. The van der Waals surface area contributed by atoms with Gasteiger partial charge in [0, 0.05) is 5.56 Å². The van der Waals surface area contributed by atoms with E-state index >= 15 is 0 Å². The third kappa shape index (κ3) is 2.09. The summed E-state index contributed by atoms with van der Waals surface area (Å²) in [6, 6.07) is 3.96. The number of aromatic amines is 1. The van der Waals surface area contributed by atoms with E-state index in [1.807, 2.05) is 13.0 Å². The Hall–Kier alpha value is -2.17. The van der Waals surface area contributed by atoms with Crippen molar-refractivity contribution in [3.63, 3.8) is 0 Å². The number of rotatable bonds is 3. The zero-order chi connectivity index (χ0) is 14.1. The number of ether oxygens (including phenoxy) is 1. The molecule has 1 N–H and O–H groups in total. The summed E-state index contributed by atoms with van der Waals surface area (Å²) in [6.45, 7) is 1.99. The molecule has 0 saturated heterocycles. The molecule has 5 nitrogen and oxygen atoms in total. The Morgan fingerprint density at radius 2 is 2.20 bits per heavy atom. The maximum atomic E-state index is 12.0. The first kappa shape index (κ1) is 12.8. The van der Waals surface area contributed by atoms with Gasteiger partial charge in [-0.25, -0.2) is 4.79 Å². The lowest BCUT2D eigenvalue weighted by Crippen LogP contribution is -2.14. The van der Waals surface area contributed by atoms with E-state index in [1.54, 1.807) is 6.20 Å². The van der Waals surface area contributed by atoms with E-state index in [1.165, 1.54) is 31.9 Å². The van der Waals surface area contributed by atoms with Crippen molar-refractivity contribution in [2.75, 3.05) is 7.11 Å². The van der Waals surface area contributed by atoms with Crippen LogP contribution in [-0.4, -0.2) is 28.5 Å². The molecule has 1 aromatic carbocycles. The Kier molecular flexibility index (Phi) is 3.26. The minimum Gasteiger partial charge on any atom is -0.465 e. The molecule has 0 unspecified atom stereocenters. The number of H-pyrrole nitrogens is 1. The van der Waals surface area contributed by atoms with Gasteiger partial charge in [-0.15, -0.1) is 0 Å².